The van der Waals surface area contributed by atoms with E-state index < -0.39 is 27.8 Å². The third kappa shape index (κ3) is 3.52. The highest BCUT2D eigenvalue weighted by molar-refractivity contribution is 7.92. The average molecular weight is 378 g/mol. The SMILES string of the molecule is Cn1cnc(S(=O)(=O)N2CC(NC(=O)OC(C)(C)C)c3ccccc32)c1. The van der Waals surface area contributed by atoms with Gasteiger partial charge in [-0.15, -0.1) is 0 Å². The lowest BCUT2D eigenvalue weighted by Gasteiger charge is -2.22. The molecule has 1 aliphatic rings. The summed E-state index contributed by atoms with van der Waals surface area (Å²) in [6.07, 6.45) is 2.30. The smallest absolute Gasteiger partial charge is 0.408 e. The van der Waals surface area contributed by atoms with Crippen LogP contribution in [0.5, 0.6) is 0 Å². The Morgan fingerprint density at radius 2 is 2.00 bits per heavy atom. The summed E-state index contributed by atoms with van der Waals surface area (Å²) in [5.74, 6) is 0. The van der Waals surface area contributed by atoms with Crippen LogP contribution in [0.3, 0.4) is 0 Å². The molecule has 0 fully saturated rings. The summed E-state index contributed by atoms with van der Waals surface area (Å²) >= 11 is 0. The van der Waals surface area contributed by atoms with E-state index >= 15 is 0 Å². The topological polar surface area (TPSA) is 93.5 Å². The number of benzene rings is 1. The molecule has 9 heteroatoms. The number of sulfonamides is 1. The normalized spacial score (nSPS) is 17.1. The number of fused-ring (bicyclic) bond motifs is 1. The van der Waals surface area contributed by atoms with Gasteiger partial charge in [0.05, 0.1) is 24.6 Å². The number of aromatic nitrogens is 2. The van der Waals surface area contributed by atoms with Gasteiger partial charge in [-0.1, -0.05) is 18.2 Å². The second-order valence-corrected chi connectivity index (χ2v) is 8.98. The maximum absolute atomic E-state index is 13.0. The van der Waals surface area contributed by atoms with E-state index in [0.717, 1.165) is 5.56 Å². The number of anilines is 1. The highest BCUT2D eigenvalue weighted by Crippen LogP contribution is 2.38. The Morgan fingerprint density at radius 1 is 1.31 bits per heavy atom. The number of nitrogens with zero attached hydrogens (tertiary/aromatic N) is 3. The van der Waals surface area contributed by atoms with Crippen LogP contribution >= 0.6 is 0 Å². The van der Waals surface area contributed by atoms with E-state index in [-0.39, 0.29) is 11.6 Å². The molecule has 3 rings (SSSR count). The molecule has 1 atom stereocenters. The molecule has 0 radical (unpaired) electrons. The summed E-state index contributed by atoms with van der Waals surface area (Å²) in [4.78, 5) is 16.1. The first kappa shape index (κ1) is 18.2. The fraction of sp³-hybridized carbons (Fsp3) is 0.412. The van der Waals surface area contributed by atoms with Crippen LogP contribution in [0.4, 0.5) is 10.5 Å². The van der Waals surface area contributed by atoms with Gasteiger partial charge in [-0.05, 0) is 26.8 Å². The van der Waals surface area contributed by atoms with Gasteiger partial charge in [-0.25, -0.2) is 9.78 Å². The predicted octanol–water partition coefficient (Wildman–Crippen LogP) is 2.19. The van der Waals surface area contributed by atoms with Crippen molar-refractivity contribution in [3.63, 3.8) is 0 Å². The van der Waals surface area contributed by atoms with Crippen LogP contribution in [-0.4, -0.2) is 36.2 Å². The van der Waals surface area contributed by atoms with Gasteiger partial charge >= 0.3 is 6.09 Å². The standard InChI is InChI=1S/C17H22N4O4S/c1-17(2,3)25-16(22)19-13-9-21(14-8-6-5-7-12(13)14)26(23,24)15-10-20(4)11-18-15/h5-8,10-11,13H,9H2,1-4H3,(H,19,22). The monoisotopic (exact) mass is 378 g/mol. The van der Waals surface area contributed by atoms with Crippen LogP contribution in [0.15, 0.2) is 41.8 Å². The lowest BCUT2D eigenvalue weighted by molar-refractivity contribution is 0.0507. The average Bonchev–Trinajstić information content (AvgIpc) is 3.11. The Hall–Kier alpha value is -2.55. The van der Waals surface area contributed by atoms with Crippen LogP contribution in [0.2, 0.25) is 0 Å². The number of rotatable bonds is 3. The molecule has 0 aliphatic carbocycles. The fourth-order valence-electron chi connectivity index (χ4n) is 2.81. The van der Waals surface area contributed by atoms with Gasteiger partial charge in [0.1, 0.15) is 5.60 Å². The molecule has 0 bridgehead atoms. The molecule has 2 heterocycles. The molecule has 1 unspecified atom stereocenters. The zero-order chi connectivity index (χ0) is 19.1. The molecule has 1 amide bonds. The molecular weight excluding hydrogens is 356 g/mol. The van der Waals surface area contributed by atoms with Crippen molar-refractivity contribution in [1.82, 2.24) is 14.9 Å². The molecule has 0 spiro atoms. The van der Waals surface area contributed by atoms with E-state index in [0.29, 0.717) is 5.69 Å². The molecule has 1 aromatic carbocycles. The van der Waals surface area contributed by atoms with Crippen molar-refractivity contribution < 1.29 is 17.9 Å². The Labute approximate surface area is 152 Å². The van der Waals surface area contributed by atoms with E-state index in [9.17, 15) is 13.2 Å². The number of ether oxygens (including phenoxy) is 1. The van der Waals surface area contributed by atoms with Gasteiger partial charge in [0, 0.05) is 18.8 Å². The quantitative estimate of drug-likeness (QED) is 0.884. The number of hydrogen-bond donors (Lipinski definition) is 1. The number of carbonyl (C=O) groups excluding carboxylic acids is 1. The molecule has 1 aromatic heterocycles. The van der Waals surface area contributed by atoms with Gasteiger partial charge in [0.15, 0.2) is 5.03 Å². The maximum atomic E-state index is 13.0. The molecule has 1 aliphatic heterocycles. The molecule has 0 saturated heterocycles. The van der Waals surface area contributed by atoms with Gasteiger partial charge in [-0.3, -0.25) is 4.31 Å². The number of para-hydroxylation sites is 1. The van der Waals surface area contributed by atoms with E-state index in [2.05, 4.69) is 10.3 Å². The molecule has 140 valence electrons. The molecule has 26 heavy (non-hydrogen) atoms. The fourth-order valence-corrected chi connectivity index (χ4v) is 4.28. The second-order valence-electron chi connectivity index (χ2n) is 7.17. The minimum Gasteiger partial charge on any atom is -0.444 e. The summed E-state index contributed by atoms with van der Waals surface area (Å²) in [6.45, 7) is 5.39. The summed E-state index contributed by atoms with van der Waals surface area (Å²) in [7, 11) is -2.12. The van der Waals surface area contributed by atoms with E-state index in [4.69, 9.17) is 4.74 Å². The van der Waals surface area contributed by atoms with Crippen molar-refractivity contribution in [2.45, 2.75) is 37.4 Å². The van der Waals surface area contributed by atoms with Crippen molar-refractivity contribution in [3.8, 4) is 0 Å². The molecular formula is C17H22N4O4S. The van der Waals surface area contributed by atoms with E-state index in [1.54, 1.807) is 56.7 Å². The van der Waals surface area contributed by atoms with Crippen LogP contribution in [0.25, 0.3) is 0 Å². The zero-order valence-electron chi connectivity index (χ0n) is 15.1. The lowest BCUT2D eigenvalue weighted by Crippen LogP contribution is -2.38. The first-order valence-corrected chi connectivity index (χ1v) is 9.61. The Kier molecular flexibility index (Phi) is 4.43. The molecule has 1 N–H and O–H groups in total. The van der Waals surface area contributed by atoms with Crippen molar-refractivity contribution in [1.29, 1.82) is 0 Å². The minimum atomic E-state index is -3.83. The summed E-state index contributed by atoms with van der Waals surface area (Å²) in [6, 6.07) is 6.58. The highest BCUT2D eigenvalue weighted by atomic mass is 32.2. The van der Waals surface area contributed by atoms with Gasteiger partial charge in [0.25, 0.3) is 10.0 Å². The molecule has 8 nitrogen and oxygen atoms in total. The number of hydrogen-bond acceptors (Lipinski definition) is 5. The van der Waals surface area contributed by atoms with Gasteiger partial charge in [0.2, 0.25) is 0 Å². The number of nitrogens with one attached hydrogen (secondary N) is 1. The van der Waals surface area contributed by atoms with Crippen LogP contribution in [-0.2, 0) is 21.8 Å². The minimum absolute atomic E-state index is 0.0345. The van der Waals surface area contributed by atoms with Crippen LogP contribution in [0.1, 0.15) is 32.4 Å². The van der Waals surface area contributed by atoms with Crippen molar-refractivity contribution >= 4 is 21.8 Å². The predicted molar refractivity (Wildman–Crippen MR) is 96.3 cm³/mol. The largest absolute Gasteiger partial charge is 0.444 e. The highest BCUT2D eigenvalue weighted by Gasteiger charge is 2.38. The van der Waals surface area contributed by atoms with E-state index in [1.807, 2.05) is 0 Å². The Bertz CT molecular complexity index is 930. The number of aryl methyl sites for hydroxylation is 1. The van der Waals surface area contributed by atoms with Crippen LogP contribution < -0.4 is 9.62 Å². The molecule has 2 aromatic rings. The van der Waals surface area contributed by atoms with Crippen molar-refractivity contribution in [2.75, 3.05) is 10.8 Å². The number of amides is 1. The lowest BCUT2D eigenvalue weighted by atomic mass is 10.1. The summed E-state index contributed by atoms with van der Waals surface area (Å²) < 4.78 is 34.1. The molecule has 0 saturated carbocycles. The van der Waals surface area contributed by atoms with Gasteiger partial charge in [-0.2, -0.15) is 8.42 Å². The van der Waals surface area contributed by atoms with Crippen LogP contribution in [0, 0.1) is 0 Å². The Balaban J connectivity index is 1.90. The van der Waals surface area contributed by atoms with E-state index in [1.165, 1.54) is 16.8 Å². The number of carbonyl (C=O) groups is 1. The van der Waals surface area contributed by atoms with Gasteiger partial charge < -0.3 is 14.6 Å². The number of alkyl carbamates (subject to hydrolysis) is 1. The summed E-state index contributed by atoms with van der Waals surface area (Å²) in [5.41, 5.74) is 0.610. The first-order chi connectivity index (χ1) is 12.1. The zero-order valence-corrected chi connectivity index (χ0v) is 15.9. The number of imidazole rings is 1. The third-order valence-corrected chi connectivity index (χ3v) is 5.52. The Morgan fingerprint density at radius 3 is 2.62 bits per heavy atom. The summed E-state index contributed by atoms with van der Waals surface area (Å²) in [5, 5.41) is 2.72. The van der Waals surface area contributed by atoms with Crippen molar-refractivity contribution in [3.05, 3.63) is 42.4 Å². The van der Waals surface area contributed by atoms with Crippen molar-refractivity contribution in [2.24, 2.45) is 7.05 Å². The maximum Gasteiger partial charge on any atom is 0.408 e. The second kappa shape index (κ2) is 6.31. The third-order valence-electron chi connectivity index (χ3n) is 3.86. The first-order valence-electron chi connectivity index (χ1n) is 8.17.